The van der Waals surface area contributed by atoms with E-state index in [-0.39, 0.29) is 5.54 Å². The third-order valence-electron chi connectivity index (χ3n) is 3.15. The van der Waals surface area contributed by atoms with E-state index >= 15 is 0 Å². The van der Waals surface area contributed by atoms with Gasteiger partial charge in [0.15, 0.2) is 0 Å². The number of piperidine rings is 1. The summed E-state index contributed by atoms with van der Waals surface area (Å²) in [5.41, 5.74) is 1.56. The summed E-state index contributed by atoms with van der Waals surface area (Å²) in [5, 5.41) is 3.41. The number of hydrogen-bond donors (Lipinski definition) is 1. The fraction of sp³-hybridized carbons (Fsp3) is 0.750. The molecule has 0 atom stereocenters. The third kappa shape index (κ3) is 2.23. The first kappa shape index (κ1) is 10.7. The number of nitrogens with zero attached hydrogens (tertiary/aromatic N) is 2. The van der Waals surface area contributed by atoms with E-state index in [0.717, 1.165) is 13.1 Å². The van der Waals surface area contributed by atoms with Crippen LogP contribution in [0.15, 0.2) is 12.5 Å². The number of rotatable bonds is 1. The molecule has 0 spiro atoms. The van der Waals surface area contributed by atoms with Gasteiger partial charge in [0.25, 0.3) is 0 Å². The Labute approximate surface area is 91.9 Å². The zero-order valence-corrected chi connectivity index (χ0v) is 9.95. The second-order valence-electron chi connectivity index (χ2n) is 5.38. The molecule has 15 heavy (non-hydrogen) atoms. The molecule has 1 aliphatic heterocycles. The van der Waals surface area contributed by atoms with E-state index in [1.165, 1.54) is 18.5 Å². The lowest BCUT2D eigenvalue weighted by Crippen LogP contribution is -2.30. The van der Waals surface area contributed by atoms with Gasteiger partial charge in [-0.2, -0.15) is 0 Å². The van der Waals surface area contributed by atoms with Crippen molar-refractivity contribution in [2.75, 3.05) is 13.1 Å². The summed E-state index contributed by atoms with van der Waals surface area (Å²) in [6, 6.07) is 0. The maximum absolute atomic E-state index is 4.31. The van der Waals surface area contributed by atoms with Crippen molar-refractivity contribution in [1.29, 1.82) is 0 Å². The normalized spacial score (nSPS) is 19.4. The van der Waals surface area contributed by atoms with Crippen LogP contribution in [0.3, 0.4) is 0 Å². The molecule has 2 rings (SSSR count). The summed E-state index contributed by atoms with van der Waals surface area (Å²) in [6.07, 6.45) is 6.49. The van der Waals surface area contributed by atoms with E-state index in [1.807, 2.05) is 12.5 Å². The predicted octanol–water partition coefficient (Wildman–Crippen LogP) is 2.11. The van der Waals surface area contributed by atoms with Crippen LogP contribution in [-0.2, 0) is 5.54 Å². The number of nitrogens with one attached hydrogen (secondary N) is 1. The van der Waals surface area contributed by atoms with Gasteiger partial charge in [-0.3, -0.25) is 0 Å². The second-order valence-corrected chi connectivity index (χ2v) is 5.38. The molecule has 0 amide bonds. The zero-order chi connectivity index (χ0) is 10.9. The summed E-state index contributed by atoms with van der Waals surface area (Å²) >= 11 is 0. The van der Waals surface area contributed by atoms with Gasteiger partial charge in [0, 0.05) is 23.3 Å². The van der Waals surface area contributed by atoms with Crippen LogP contribution in [0.4, 0.5) is 0 Å². The van der Waals surface area contributed by atoms with Gasteiger partial charge in [-0.05, 0) is 46.7 Å². The minimum absolute atomic E-state index is 0.150. The summed E-state index contributed by atoms with van der Waals surface area (Å²) in [7, 11) is 0. The molecule has 2 heterocycles. The van der Waals surface area contributed by atoms with Crippen molar-refractivity contribution < 1.29 is 0 Å². The Morgan fingerprint density at radius 1 is 1.33 bits per heavy atom. The van der Waals surface area contributed by atoms with E-state index in [1.54, 1.807) is 0 Å². The highest BCUT2D eigenvalue weighted by Gasteiger charge is 2.23. The first-order valence-corrected chi connectivity index (χ1v) is 5.82. The van der Waals surface area contributed by atoms with Crippen molar-refractivity contribution in [3.63, 3.8) is 0 Å². The van der Waals surface area contributed by atoms with Gasteiger partial charge in [0.05, 0.1) is 6.33 Å². The SMILES string of the molecule is CC(C)(C)n1cncc1C1CCNCC1. The molecule has 0 unspecified atom stereocenters. The predicted molar refractivity (Wildman–Crippen MR) is 62.1 cm³/mol. The highest BCUT2D eigenvalue weighted by atomic mass is 15.1. The number of aromatic nitrogens is 2. The Balaban J connectivity index is 2.24. The fourth-order valence-electron chi connectivity index (χ4n) is 2.29. The lowest BCUT2D eigenvalue weighted by Gasteiger charge is -2.29. The first-order chi connectivity index (χ1) is 7.09. The minimum atomic E-state index is 0.150. The highest BCUT2D eigenvalue weighted by molar-refractivity contribution is 5.10. The van der Waals surface area contributed by atoms with E-state index < -0.39 is 0 Å². The van der Waals surface area contributed by atoms with Crippen molar-refractivity contribution in [3.05, 3.63) is 18.2 Å². The maximum Gasteiger partial charge on any atom is 0.0953 e. The molecule has 0 aromatic carbocycles. The number of hydrogen-bond acceptors (Lipinski definition) is 2. The number of imidazole rings is 1. The van der Waals surface area contributed by atoms with E-state index in [4.69, 9.17) is 0 Å². The summed E-state index contributed by atoms with van der Waals surface area (Å²) in [5.74, 6) is 0.688. The van der Waals surface area contributed by atoms with Crippen molar-refractivity contribution in [2.45, 2.75) is 45.1 Å². The highest BCUT2D eigenvalue weighted by Crippen LogP contribution is 2.28. The molecule has 1 N–H and O–H groups in total. The molecular formula is C12H21N3. The van der Waals surface area contributed by atoms with Crippen LogP contribution in [0.25, 0.3) is 0 Å². The second kappa shape index (κ2) is 3.97. The van der Waals surface area contributed by atoms with E-state index in [0.29, 0.717) is 5.92 Å². The Kier molecular flexibility index (Phi) is 2.83. The van der Waals surface area contributed by atoms with Crippen molar-refractivity contribution in [2.24, 2.45) is 0 Å². The lowest BCUT2D eigenvalue weighted by atomic mass is 9.93. The smallest absolute Gasteiger partial charge is 0.0953 e. The molecule has 1 aromatic heterocycles. The third-order valence-corrected chi connectivity index (χ3v) is 3.15. The monoisotopic (exact) mass is 207 g/mol. The quantitative estimate of drug-likeness (QED) is 0.764. The minimum Gasteiger partial charge on any atom is -0.329 e. The van der Waals surface area contributed by atoms with E-state index in [2.05, 4.69) is 35.6 Å². The molecule has 1 saturated heterocycles. The van der Waals surface area contributed by atoms with Gasteiger partial charge in [-0.1, -0.05) is 0 Å². The summed E-state index contributed by atoms with van der Waals surface area (Å²) in [4.78, 5) is 4.31. The van der Waals surface area contributed by atoms with Gasteiger partial charge < -0.3 is 9.88 Å². The van der Waals surface area contributed by atoms with Crippen LogP contribution in [-0.4, -0.2) is 22.6 Å². The van der Waals surface area contributed by atoms with Crippen molar-refractivity contribution >= 4 is 0 Å². The molecular weight excluding hydrogens is 186 g/mol. The van der Waals surface area contributed by atoms with Gasteiger partial charge >= 0.3 is 0 Å². The van der Waals surface area contributed by atoms with Crippen LogP contribution in [0, 0.1) is 0 Å². The van der Waals surface area contributed by atoms with Crippen LogP contribution < -0.4 is 5.32 Å². The van der Waals surface area contributed by atoms with Crippen LogP contribution in [0.2, 0.25) is 0 Å². The molecule has 3 nitrogen and oxygen atoms in total. The molecule has 1 aromatic rings. The first-order valence-electron chi connectivity index (χ1n) is 5.82. The molecule has 0 saturated carbocycles. The average Bonchev–Trinajstić information content (AvgIpc) is 2.67. The van der Waals surface area contributed by atoms with Crippen molar-refractivity contribution in [3.8, 4) is 0 Å². The standard InChI is InChI=1S/C12H21N3/c1-12(2,3)15-9-14-8-11(15)10-4-6-13-7-5-10/h8-10,13H,4-7H2,1-3H3. The van der Waals surface area contributed by atoms with Crippen LogP contribution >= 0.6 is 0 Å². The van der Waals surface area contributed by atoms with Crippen LogP contribution in [0.5, 0.6) is 0 Å². The Morgan fingerprint density at radius 3 is 2.60 bits per heavy atom. The van der Waals surface area contributed by atoms with Crippen molar-refractivity contribution in [1.82, 2.24) is 14.9 Å². The molecule has 1 fully saturated rings. The van der Waals surface area contributed by atoms with Gasteiger partial charge in [-0.25, -0.2) is 4.98 Å². The molecule has 1 aliphatic rings. The fourth-order valence-corrected chi connectivity index (χ4v) is 2.29. The van der Waals surface area contributed by atoms with Crippen LogP contribution in [0.1, 0.15) is 45.2 Å². The maximum atomic E-state index is 4.31. The van der Waals surface area contributed by atoms with Gasteiger partial charge in [0.2, 0.25) is 0 Å². The largest absolute Gasteiger partial charge is 0.329 e. The Hall–Kier alpha value is -0.830. The average molecular weight is 207 g/mol. The zero-order valence-electron chi connectivity index (χ0n) is 9.95. The van der Waals surface area contributed by atoms with Gasteiger partial charge in [-0.15, -0.1) is 0 Å². The summed E-state index contributed by atoms with van der Waals surface area (Å²) < 4.78 is 2.32. The molecule has 0 aliphatic carbocycles. The summed E-state index contributed by atoms with van der Waals surface area (Å²) in [6.45, 7) is 8.98. The topological polar surface area (TPSA) is 29.9 Å². The van der Waals surface area contributed by atoms with E-state index in [9.17, 15) is 0 Å². The molecule has 84 valence electrons. The Morgan fingerprint density at radius 2 is 2.00 bits per heavy atom. The molecule has 3 heteroatoms. The molecule has 0 bridgehead atoms. The Bertz CT molecular complexity index is 316. The molecule has 0 radical (unpaired) electrons. The van der Waals surface area contributed by atoms with Gasteiger partial charge in [0.1, 0.15) is 0 Å². The lowest BCUT2D eigenvalue weighted by molar-refractivity contribution is 0.356.